The van der Waals surface area contributed by atoms with Gasteiger partial charge in [0.2, 0.25) is 15.8 Å². The van der Waals surface area contributed by atoms with Crippen LogP contribution < -0.4 is 14.8 Å². The van der Waals surface area contributed by atoms with Crippen molar-refractivity contribution in [3.05, 3.63) is 58.4 Å². The number of carbonyl (C=O) groups excluding carboxylic acids is 2. The van der Waals surface area contributed by atoms with Crippen LogP contribution in [0.25, 0.3) is 0 Å². The van der Waals surface area contributed by atoms with Crippen LogP contribution >= 0.6 is 0 Å². The second kappa shape index (κ2) is 9.95. The van der Waals surface area contributed by atoms with Gasteiger partial charge in [-0.25, -0.2) is 8.42 Å². The molecule has 0 bridgehead atoms. The molecule has 0 aliphatic rings. The summed E-state index contributed by atoms with van der Waals surface area (Å²) in [5.41, 5.74) is -0.918. The molecule has 0 saturated carbocycles. The Morgan fingerprint density at radius 1 is 1.19 bits per heavy atom. The maximum Gasteiger partial charge on any atom is 0.324 e. The molecule has 0 saturated heterocycles. The first-order chi connectivity index (χ1) is 14.5. The molecular formula is C18H18FN3O8S. The van der Waals surface area contributed by atoms with Crippen LogP contribution in [0.2, 0.25) is 0 Å². The minimum absolute atomic E-state index is 0.0811. The third-order valence-corrected chi connectivity index (χ3v) is 5.38. The van der Waals surface area contributed by atoms with Gasteiger partial charge in [-0.3, -0.25) is 19.7 Å². The number of nitro benzene ring substituents is 1. The van der Waals surface area contributed by atoms with Gasteiger partial charge in [0.25, 0.3) is 5.91 Å². The van der Waals surface area contributed by atoms with E-state index in [1.807, 2.05) is 0 Å². The van der Waals surface area contributed by atoms with Gasteiger partial charge in [-0.1, -0.05) is 0 Å². The lowest BCUT2D eigenvalue weighted by Gasteiger charge is -2.14. The van der Waals surface area contributed by atoms with Crippen molar-refractivity contribution in [3.8, 4) is 5.75 Å². The first kappa shape index (κ1) is 23.7. The Bertz CT molecular complexity index is 1090. The van der Waals surface area contributed by atoms with E-state index in [9.17, 15) is 32.5 Å². The summed E-state index contributed by atoms with van der Waals surface area (Å²) in [4.78, 5) is 33.5. The van der Waals surface area contributed by atoms with Gasteiger partial charge in [0.1, 0.15) is 11.8 Å². The minimum Gasteiger partial charge on any atom is -0.497 e. The van der Waals surface area contributed by atoms with Crippen molar-refractivity contribution in [1.82, 2.24) is 4.72 Å². The number of nitrogens with one attached hydrogen (secondary N) is 2. The molecule has 11 nitrogen and oxygen atoms in total. The number of sulfonamides is 1. The predicted octanol–water partition coefficient (Wildman–Crippen LogP) is 1.59. The molecule has 2 aromatic carbocycles. The highest BCUT2D eigenvalue weighted by Crippen LogP contribution is 2.21. The topological polar surface area (TPSA) is 154 Å². The fraction of sp³-hybridized carbons (Fsp3) is 0.222. The molecule has 0 aliphatic carbocycles. The summed E-state index contributed by atoms with van der Waals surface area (Å²) in [6, 6.07) is 6.82. The standard InChI is InChI=1S/C18H18FN3O8S/c1-11(21-31(27,28)14-6-4-13(29-2)5-7-14)18(24)30-10-17(23)20-12-3-8-15(19)16(9-12)22(25)26/h3-9,11,21H,10H2,1-2H3,(H,20,23)/t11-/m0/s1. The number of hydrogen-bond donors (Lipinski definition) is 2. The lowest BCUT2D eigenvalue weighted by Crippen LogP contribution is -2.40. The number of halogens is 1. The second-order valence-corrected chi connectivity index (χ2v) is 7.81. The molecule has 0 fully saturated rings. The number of benzene rings is 2. The molecule has 0 heterocycles. The highest BCUT2D eigenvalue weighted by Gasteiger charge is 2.24. The molecule has 0 spiro atoms. The van der Waals surface area contributed by atoms with Gasteiger partial charge in [-0.15, -0.1) is 0 Å². The summed E-state index contributed by atoms with van der Waals surface area (Å²) in [6.45, 7) is 0.434. The number of hydrogen-bond acceptors (Lipinski definition) is 8. The molecular weight excluding hydrogens is 437 g/mol. The van der Waals surface area contributed by atoms with Crippen molar-refractivity contribution >= 4 is 33.3 Å². The highest BCUT2D eigenvalue weighted by atomic mass is 32.2. The summed E-state index contributed by atoms with van der Waals surface area (Å²) >= 11 is 0. The van der Waals surface area contributed by atoms with Crippen molar-refractivity contribution in [3.63, 3.8) is 0 Å². The summed E-state index contributed by atoms with van der Waals surface area (Å²) in [5, 5.41) is 12.9. The number of amides is 1. The Hall–Kier alpha value is -3.58. The van der Waals surface area contributed by atoms with Crippen LogP contribution in [0.15, 0.2) is 47.4 Å². The number of anilines is 1. The average Bonchev–Trinajstić information content (AvgIpc) is 2.72. The van der Waals surface area contributed by atoms with Crippen LogP contribution in [0.3, 0.4) is 0 Å². The Balaban J connectivity index is 1.91. The van der Waals surface area contributed by atoms with E-state index in [0.717, 1.165) is 18.2 Å². The zero-order valence-corrected chi connectivity index (χ0v) is 17.1. The number of esters is 1. The van der Waals surface area contributed by atoms with Crippen LogP contribution in [0.1, 0.15) is 6.92 Å². The fourth-order valence-electron chi connectivity index (χ4n) is 2.29. The van der Waals surface area contributed by atoms with E-state index in [0.29, 0.717) is 5.75 Å². The molecule has 2 aromatic rings. The summed E-state index contributed by atoms with van der Waals surface area (Å²) < 4.78 is 49.8. The molecule has 166 valence electrons. The molecule has 1 atom stereocenters. The fourth-order valence-corrected chi connectivity index (χ4v) is 3.48. The van der Waals surface area contributed by atoms with Crippen LogP contribution in [0.5, 0.6) is 5.75 Å². The van der Waals surface area contributed by atoms with E-state index >= 15 is 0 Å². The zero-order chi connectivity index (χ0) is 23.2. The number of ether oxygens (including phenoxy) is 2. The Labute approximate surface area is 176 Å². The monoisotopic (exact) mass is 455 g/mol. The summed E-state index contributed by atoms with van der Waals surface area (Å²) in [5.74, 6) is -2.52. The summed E-state index contributed by atoms with van der Waals surface area (Å²) in [7, 11) is -2.62. The molecule has 13 heteroatoms. The number of rotatable bonds is 9. The second-order valence-electron chi connectivity index (χ2n) is 6.10. The van der Waals surface area contributed by atoms with Gasteiger partial charge < -0.3 is 14.8 Å². The van der Waals surface area contributed by atoms with Gasteiger partial charge >= 0.3 is 11.7 Å². The molecule has 0 radical (unpaired) electrons. The highest BCUT2D eigenvalue weighted by molar-refractivity contribution is 7.89. The van der Waals surface area contributed by atoms with Crippen molar-refractivity contribution in [2.75, 3.05) is 19.0 Å². The number of methoxy groups -OCH3 is 1. The maximum atomic E-state index is 13.3. The molecule has 31 heavy (non-hydrogen) atoms. The quantitative estimate of drug-likeness (QED) is 0.328. The summed E-state index contributed by atoms with van der Waals surface area (Å²) in [6.07, 6.45) is 0. The lowest BCUT2D eigenvalue weighted by molar-refractivity contribution is -0.387. The van der Waals surface area contributed by atoms with Crippen molar-refractivity contribution in [2.45, 2.75) is 17.9 Å². The molecule has 1 amide bonds. The van der Waals surface area contributed by atoms with Gasteiger partial charge in [0.05, 0.1) is 16.9 Å². The number of nitro groups is 1. The predicted molar refractivity (Wildman–Crippen MR) is 105 cm³/mol. The largest absolute Gasteiger partial charge is 0.497 e. The van der Waals surface area contributed by atoms with E-state index in [1.54, 1.807) is 0 Å². The van der Waals surface area contributed by atoms with Crippen molar-refractivity contribution < 1.29 is 36.8 Å². The smallest absolute Gasteiger partial charge is 0.324 e. The minimum atomic E-state index is -4.04. The maximum absolute atomic E-state index is 13.3. The zero-order valence-electron chi connectivity index (χ0n) is 16.3. The number of nitrogens with zero attached hydrogens (tertiary/aromatic N) is 1. The number of carbonyl (C=O) groups is 2. The molecule has 0 unspecified atom stereocenters. The molecule has 0 aromatic heterocycles. The van der Waals surface area contributed by atoms with Crippen LogP contribution in [0.4, 0.5) is 15.8 Å². The van der Waals surface area contributed by atoms with Gasteiger partial charge in [0, 0.05) is 11.8 Å². The first-order valence-corrected chi connectivity index (χ1v) is 10.1. The van der Waals surface area contributed by atoms with Crippen LogP contribution in [-0.4, -0.2) is 45.0 Å². The van der Waals surface area contributed by atoms with E-state index < -0.39 is 51.0 Å². The first-order valence-electron chi connectivity index (χ1n) is 8.60. The molecule has 2 N–H and O–H groups in total. The molecule has 0 aliphatic heterocycles. The van der Waals surface area contributed by atoms with Crippen LogP contribution in [0, 0.1) is 15.9 Å². The van der Waals surface area contributed by atoms with E-state index in [1.165, 1.54) is 38.3 Å². The van der Waals surface area contributed by atoms with Gasteiger partial charge in [-0.2, -0.15) is 9.11 Å². The SMILES string of the molecule is COc1ccc(S(=O)(=O)N[C@@H](C)C(=O)OCC(=O)Nc2ccc(F)c([N+](=O)[O-])c2)cc1. The average molecular weight is 455 g/mol. The Kier molecular flexibility index (Phi) is 7.61. The Morgan fingerprint density at radius 2 is 1.84 bits per heavy atom. The molecule has 2 rings (SSSR count). The van der Waals surface area contributed by atoms with Crippen LogP contribution in [-0.2, 0) is 24.3 Å². The third-order valence-electron chi connectivity index (χ3n) is 3.83. The third kappa shape index (κ3) is 6.45. The van der Waals surface area contributed by atoms with E-state index in [2.05, 4.69) is 10.0 Å². The van der Waals surface area contributed by atoms with E-state index in [4.69, 9.17) is 9.47 Å². The van der Waals surface area contributed by atoms with E-state index in [-0.39, 0.29) is 10.6 Å². The van der Waals surface area contributed by atoms with Crippen molar-refractivity contribution in [1.29, 1.82) is 0 Å². The lowest BCUT2D eigenvalue weighted by atomic mass is 10.2. The van der Waals surface area contributed by atoms with Gasteiger partial charge in [0.15, 0.2) is 6.61 Å². The Morgan fingerprint density at radius 3 is 2.42 bits per heavy atom. The normalized spacial score (nSPS) is 12.0. The van der Waals surface area contributed by atoms with Crippen molar-refractivity contribution in [2.24, 2.45) is 0 Å². The van der Waals surface area contributed by atoms with Gasteiger partial charge in [-0.05, 0) is 43.3 Å².